The van der Waals surface area contributed by atoms with E-state index in [9.17, 15) is 9.90 Å². The van der Waals surface area contributed by atoms with Gasteiger partial charge in [0.05, 0.1) is 31.1 Å². The molecule has 2 N–H and O–H groups in total. The summed E-state index contributed by atoms with van der Waals surface area (Å²) in [4.78, 5) is 19.0. The number of benzene rings is 1. The summed E-state index contributed by atoms with van der Waals surface area (Å²) in [6, 6.07) is 7.79. The van der Waals surface area contributed by atoms with Gasteiger partial charge in [-0.25, -0.2) is 0 Å². The van der Waals surface area contributed by atoms with Crippen molar-refractivity contribution in [2.75, 3.05) is 25.3 Å². The Morgan fingerprint density at radius 1 is 1.38 bits per heavy atom. The van der Waals surface area contributed by atoms with Crippen LogP contribution in [0.1, 0.15) is 25.3 Å². The standard InChI is InChI=1S/C20H24N2O4/c1-3-12-10-21-15-8-19(17-9-20(12,24)14(15)11-26-17)13-6-4-5-7-16(13)22(25-2)18(19)23/h3-7,14-15,17,21,24H,8-11H2,1-2H3/b12-3+/t14-,15+,17-,19+,20-/m1/s1. The number of carbonyl (C=O) groups excluding carboxylic acids is 1. The molecule has 3 saturated heterocycles. The minimum atomic E-state index is -0.910. The summed E-state index contributed by atoms with van der Waals surface area (Å²) in [6.45, 7) is 3.08. The topological polar surface area (TPSA) is 71.0 Å². The quantitative estimate of drug-likeness (QED) is 0.742. The number of piperidine rings is 1. The van der Waals surface area contributed by atoms with Crippen LogP contribution in [0.4, 0.5) is 5.69 Å². The first-order valence-electron chi connectivity index (χ1n) is 9.27. The normalized spacial score (nSPS) is 42.4. The largest absolute Gasteiger partial charge is 0.385 e. The molecule has 4 fully saturated rings. The van der Waals surface area contributed by atoms with E-state index in [4.69, 9.17) is 9.57 Å². The number of allylic oxidation sites excluding steroid dienone is 1. The van der Waals surface area contributed by atoms with Crippen molar-refractivity contribution >= 4 is 11.6 Å². The summed E-state index contributed by atoms with van der Waals surface area (Å²) in [5.74, 6) is -0.138. The van der Waals surface area contributed by atoms with Crippen LogP contribution in [-0.4, -0.2) is 49.0 Å². The molecule has 5 aliphatic rings. The van der Waals surface area contributed by atoms with Crippen LogP contribution in [0.15, 0.2) is 35.9 Å². The van der Waals surface area contributed by atoms with Gasteiger partial charge >= 0.3 is 0 Å². The molecule has 0 radical (unpaired) electrons. The van der Waals surface area contributed by atoms with Crippen molar-refractivity contribution in [3.8, 4) is 0 Å². The van der Waals surface area contributed by atoms with Crippen LogP contribution in [0.25, 0.3) is 0 Å². The number of carbonyl (C=O) groups is 1. The smallest absolute Gasteiger partial charge is 0.264 e. The zero-order valence-corrected chi connectivity index (χ0v) is 15.1. The number of rotatable bonds is 1. The molecule has 4 heterocycles. The van der Waals surface area contributed by atoms with Crippen molar-refractivity contribution in [2.24, 2.45) is 5.92 Å². The highest BCUT2D eigenvalue weighted by Crippen LogP contribution is 2.57. The van der Waals surface area contributed by atoms with Gasteiger partial charge in [-0.2, -0.15) is 5.06 Å². The average Bonchev–Trinajstić information content (AvgIpc) is 2.74. The van der Waals surface area contributed by atoms with Gasteiger partial charge in [0.2, 0.25) is 0 Å². The van der Waals surface area contributed by atoms with Crippen LogP contribution in [-0.2, 0) is 19.8 Å². The molecule has 1 amide bonds. The van der Waals surface area contributed by atoms with E-state index in [1.54, 1.807) is 0 Å². The number of anilines is 1. The van der Waals surface area contributed by atoms with Crippen LogP contribution in [0.3, 0.4) is 0 Å². The lowest BCUT2D eigenvalue weighted by molar-refractivity contribution is -0.152. The number of aliphatic hydroxyl groups is 1. The predicted molar refractivity (Wildman–Crippen MR) is 95.6 cm³/mol. The second-order valence-electron chi connectivity index (χ2n) is 7.83. The summed E-state index contributed by atoms with van der Waals surface area (Å²) < 4.78 is 6.22. The van der Waals surface area contributed by atoms with E-state index < -0.39 is 11.0 Å². The van der Waals surface area contributed by atoms with Gasteiger partial charge in [0.15, 0.2) is 0 Å². The van der Waals surface area contributed by atoms with Crippen molar-refractivity contribution in [3.63, 3.8) is 0 Å². The maximum atomic E-state index is 13.6. The molecule has 138 valence electrons. The Bertz CT molecular complexity index is 809. The molecule has 1 aromatic carbocycles. The minimum Gasteiger partial charge on any atom is -0.385 e. The summed E-state index contributed by atoms with van der Waals surface area (Å²) in [5, 5.41) is 16.5. The number of ether oxygens (including phenoxy) is 1. The lowest BCUT2D eigenvalue weighted by Gasteiger charge is -2.48. The highest BCUT2D eigenvalue weighted by atomic mass is 16.7. The summed E-state index contributed by atoms with van der Waals surface area (Å²) >= 11 is 0. The molecule has 1 aromatic rings. The molecule has 1 spiro atoms. The van der Waals surface area contributed by atoms with Crippen molar-refractivity contribution in [1.82, 2.24) is 5.32 Å². The van der Waals surface area contributed by atoms with Crippen molar-refractivity contribution in [3.05, 3.63) is 41.5 Å². The van der Waals surface area contributed by atoms with Gasteiger partial charge in [-0.05, 0) is 30.5 Å². The summed E-state index contributed by atoms with van der Waals surface area (Å²) in [6.07, 6.45) is 2.67. The molecule has 1 saturated carbocycles. The van der Waals surface area contributed by atoms with E-state index in [1.807, 2.05) is 37.3 Å². The van der Waals surface area contributed by atoms with Crippen LogP contribution in [0.5, 0.6) is 0 Å². The first-order chi connectivity index (χ1) is 12.6. The molecule has 26 heavy (non-hydrogen) atoms. The number of nitrogens with one attached hydrogen (secondary N) is 1. The maximum absolute atomic E-state index is 13.6. The number of hydrogen-bond donors (Lipinski definition) is 2. The van der Waals surface area contributed by atoms with Crippen LogP contribution in [0, 0.1) is 5.92 Å². The Kier molecular flexibility index (Phi) is 3.41. The van der Waals surface area contributed by atoms with Crippen LogP contribution in [0.2, 0.25) is 0 Å². The van der Waals surface area contributed by atoms with Crippen molar-refractivity contribution in [2.45, 2.75) is 42.9 Å². The van der Waals surface area contributed by atoms with Gasteiger partial charge in [-0.3, -0.25) is 9.63 Å². The van der Waals surface area contributed by atoms with E-state index >= 15 is 0 Å². The van der Waals surface area contributed by atoms with Gasteiger partial charge < -0.3 is 15.2 Å². The SMILES string of the molecule is C/C=C1\CN[C@H]2C[C@@]3(C(=O)N(OC)c4ccccc43)[C@H]3C[C@]1(O)[C@@H]2CO3. The fraction of sp³-hybridized carbons (Fsp3) is 0.550. The number of hydroxylamine groups is 1. The Morgan fingerprint density at radius 2 is 2.19 bits per heavy atom. The molecule has 5 atom stereocenters. The maximum Gasteiger partial charge on any atom is 0.264 e. The molecule has 6 rings (SSSR count). The molecule has 1 aliphatic carbocycles. The van der Waals surface area contributed by atoms with Crippen LogP contribution >= 0.6 is 0 Å². The molecule has 6 heteroatoms. The lowest BCUT2D eigenvalue weighted by atomic mass is 9.71. The Morgan fingerprint density at radius 3 is 2.96 bits per heavy atom. The second-order valence-corrected chi connectivity index (χ2v) is 7.83. The highest BCUT2D eigenvalue weighted by molar-refractivity contribution is 6.07. The second kappa shape index (κ2) is 5.39. The zero-order chi connectivity index (χ0) is 18.1. The van der Waals surface area contributed by atoms with Gasteiger partial charge in [-0.1, -0.05) is 24.3 Å². The first kappa shape index (κ1) is 16.4. The molecular weight excluding hydrogens is 332 g/mol. The fourth-order valence-electron chi connectivity index (χ4n) is 5.69. The van der Waals surface area contributed by atoms with E-state index in [2.05, 4.69) is 5.32 Å². The molecule has 0 aromatic heterocycles. The molecule has 0 unspecified atom stereocenters. The molecular formula is C20H24N2O4. The van der Waals surface area contributed by atoms with Gasteiger partial charge in [0, 0.05) is 24.9 Å². The number of amides is 1. The zero-order valence-electron chi connectivity index (χ0n) is 15.1. The van der Waals surface area contributed by atoms with E-state index in [0.29, 0.717) is 26.0 Å². The number of fused-ring (bicyclic) bond motifs is 2. The third kappa shape index (κ3) is 1.78. The number of hydrogen-bond acceptors (Lipinski definition) is 5. The Labute approximate surface area is 152 Å². The third-order valence-electron chi connectivity index (χ3n) is 6.98. The molecule has 4 aliphatic heterocycles. The average molecular weight is 356 g/mol. The summed E-state index contributed by atoms with van der Waals surface area (Å²) in [7, 11) is 1.52. The van der Waals surface area contributed by atoms with Crippen LogP contribution < -0.4 is 10.4 Å². The predicted octanol–water partition coefficient (Wildman–Crippen LogP) is 1.29. The Hall–Kier alpha value is -1.73. The Balaban J connectivity index is 1.71. The minimum absolute atomic E-state index is 0.0185. The highest BCUT2D eigenvalue weighted by Gasteiger charge is 2.66. The van der Waals surface area contributed by atoms with Gasteiger partial charge in [0.25, 0.3) is 5.91 Å². The van der Waals surface area contributed by atoms with Crippen molar-refractivity contribution in [1.29, 1.82) is 0 Å². The van der Waals surface area contributed by atoms with E-state index in [0.717, 1.165) is 16.8 Å². The summed E-state index contributed by atoms with van der Waals surface area (Å²) in [5.41, 5.74) is 0.991. The number of nitrogens with zero attached hydrogens (tertiary/aromatic N) is 1. The van der Waals surface area contributed by atoms with Gasteiger partial charge in [-0.15, -0.1) is 0 Å². The third-order valence-corrected chi connectivity index (χ3v) is 6.98. The monoisotopic (exact) mass is 356 g/mol. The van der Waals surface area contributed by atoms with E-state index in [1.165, 1.54) is 12.2 Å². The fourth-order valence-corrected chi connectivity index (χ4v) is 5.69. The molecule has 4 bridgehead atoms. The van der Waals surface area contributed by atoms with Crippen molar-refractivity contribution < 1.29 is 19.5 Å². The number of para-hydroxylation sites is 1. The molecule has 6 nitrogen and oxygen atoms in total. The van der Waals surface area contributed by atoms with E-state index in [-0.39, 0.29) is 24.0 Å². The van der Waals surface area contributed by atoms with Gasteiger partial charge in [0.1, 0.15) is 5.41 Å². The first-order valence-corrected chi connectivity index (χ1v) is 9.27. The lowest BCUT2D eigenvalue weighted by Crippen LogP contribution is -2.60.